The molecule has 0 saturated carbocycles. The zero-order valence-electron chi connectivity index (χ0n) is 12.0. The zero-order valence-corrected chi connectivity index (χ0v) is 12.0. The average molecular weight is 297 g/mol. The van der Waals surface area contributed by atoms with E-state index in [-0.39, 0.29) is 24.4 Å². The van der Waals surface area contributed by atoms with E-state index in [1.165, 1.54) is 4.57 Å². The van der Waals surface area contributed by atoms with Crippen LogP contribution in [0.1, 0.15) is 17.7 Å². The Labute approximate surface area is 126 Å². The van der Waals surface area contributed by atoms with Crippen LogP contribution in [0.3, 0.4) is 0 Å². The second kappa shape index (κ2) is 5.90. The zero-order chi connectivity index (χ0) is 15.5. The summed E-state index contributed by atoms with van der Waals surface area (Å²) in [6.45, 7) is 0.883. The van der Waals surface area contributed by atoms with Crippen molar-refractivity contribution in [1.82, 2.24) is 9.13 Å². The van der Waals surface area contributed by atoms with Crippen molar-refractivity contribution in [3.05, 3.63) is 62.4 Å². The molecule has 0 radical (unpaired) electrons. The topological polar surface area (TPSA) is 77.0 Å². The molecule has 6 heteroatoms. The van der Waals surface area contributed by atoms with E-state index in [1.807, 2.05) is 24.3 Å². The van der Waals surface area contributed by atoms with Crippen LogP contribution in [-0.2, 0) is 19.5 Å². The molecule has 6 nitrogen and oxygen atoms in total. The third kappa shape index (κ3) is 2.42. The fourth-order valence-corrected chi connectivity index (χ4v) is 2.72. The van der Waals surface area contributed by atoms with Crippen LogP contribution >= 0.6 is 0 Å². The van der Waals surface area contributed by atoms with Crippen molar-refractivity contribution in [3.63, 3.8) is 0 Å². The summed E-state index contributed by atoms with van der Waals surface area (Å²) in [6.07, 6.45) is 1.39. The van der Waals surface area contributed by atoms with E-state index in [0.717, 1.165) is 11.0 Å². The molecule has 0 bridgehead atoms. The Hall–Kier alpha value is -2.81. The molecule has 1 aliphatic heterocycles. The van der Waals surface area contributed by atoms with Crippen LogP contribution in [-0.4, -0.2) is 15.7 Å². The van der Waals surface area contributed by atoms with E-state index in [1.54, 1.807) is 12.1 Å². The lowest BCUT2D eigenvalue weighted by molar-refractivity contribution is 0.291. The first-order valence-electron chi connectivity index (χ1n) is 7.17. The largest absolute Gasteiger partial charge is 0.492 e. The van der Waals surface area contributed by atoms with Crippen molar-refractivity contribution in [3.8, 4) is 11.8 Å². The lowest BCUT2D eigenvalue weighted by Gasteiger charge is -2.11. The van der Waals surface area contributed by atoms with Crippen LogP contribution in [0.4, 0.5) is 0 Å². The fraction of sp³-hybridized carbons (Fsp3) is 0.312. The molecule has 1 aromatic carbocycles. The Balaban J connectivity index is 1.87. The maximum absolute atomic E-state index is 12.4. The summed E-state index contributed by atoms with van der Waals surface area (Å²) in [6, 6.07) is 11.1. The molecule has 0 amide bonds. The molecular weight excluding hydrogens is 282 g/mol. The maximum atomic E-state index is 12.4. The smallest absolute Gasteiger partial charge is 0.331 e. The van der Waals surface area contributed by atoms with Crippen LogP contribution in [0, 0.1) is 11.3 Å². The van der Waals surface area contributed by atoms with Crippen molar-refractivity contribution < 1.29 is 4.74 Å². The molecule has 22 heavy (non-hydrogen) atoms. The molecule has 0 unspecified atom stereocenters. The van der Waals surface area contributed by atoms with E-state index in [2.05, 4.69) is 0 Å². The minimum absolute atomic E-state index is 0.0804. The summed E-state index contributed by atoms with van der Waals surface area (Å²) < 4.78 is 8.15. The third-order valence-electron chi connectivity index (χ3n) is 3.77. The van der Waals surface area contributed by atoms with Crippen LogP contribution < -0.4 is 16.0 Å². The third-order valence-corrected chi connectivity index (χ3v) is 3.77. The van der Waals surface area contributed by atoms with Gasteiger partial charge in [-0.25, -0.2) is 4.79 Å². The highest BCUT2D eigenvalue weighted by Crippen LogP contribution is 2.13. The van der Waals surface area contributed by atoms with Gasteiger partial charge in [-0.2, -0.15) is 5.26 Å². The van der Waals surface area contributed by atoms with E-state index in [9.17, 15) is 14.9 Å². The summed E-state index contributed by atoms with van der Waals surface area (Å²) in [5.74, 6) is 0.678. The molecule has 1 aromatic heterocycles. The minimum Gasteiger partial charge on any atom is -0.492 e. The minimum atomic E-state index is -0.516. The molecule has 2 aromatic rings. The number of fused-ring (bicyclic) bond motifs is 1. The molecule has 0 saturated heterocycles. The Kier molecular flexibility index (Phi) is 3.79. The first-order valence-corrected chi connectivity index (χ1v) is 7.17. The molecule has 1 aliphatic rings. The van der Waals surface area contributed by atoms with Gasteiger partial charge in [-0.15, -0.1) is 0 Å². The SMILES string of the molecule is N#Cc1c2n(c(=O)n(CCOc3ccccc3)c1=O)CCC2. The highest BCUT2D eigenvalue weighted by Gasteiger charge is 2.22. The summed E-state index contributed by atoms with van der Waals surface area (Å²) in [5, 5.41) is 9.19. The predicted molar refractivity (Wildman–Crippen MR) is 79.9 cm³/mol. The van der Waals surface area contributed by atoms with Gasteiger partial charge in [0.2, 0.25) is 0 Å². The van der Waals surface area contributed by atoms with E-state index in [0.29, 0.717) is 24.4 Å². The molecule has 0 atom stereocenters. The molecule has 112 valence electrons. The fourth-order valence-electron chi connectivity index (χ4n) is 2.72. The van der Waals surface area contributed by atoms with Crippen molar-refractivity contribution >= 4 is 0 Å². The van der Waals surface area contributed by atoms with Gasteiger partial charge in [-0.3, -0.25) is 13.9 Å². The number of rotatable bonds is 4. The monoisotopic (exact) mass is 297 g/mol. The molecule has 3 rings (SSSR count). The maximum Gasteiger partial charge on any atom is 0.331 e. The van der Waals surface area contributed by atoms with Gasteiger partial charge in [0.15, 0.2) is 0 Å². The molecule has 2 heterocycles. The van der Waals surface area contributed by atoms with Gasteiger partial charge in [-0.05, 0) is 25.0 Å². The van der Waals surface area contributed by atoms with Gasteiger partial charge < -0.3 is 4.74 Å². The lowest BCUT2D eigenvalue weighted by atomic mass is 10.2. The van der Waals surface area contributed by atoms with Gasteiger partial charge in [0.25, 0.3) is 5.56 Å². The standard InChI is InChI=1S/C16H15N3O3/c17-11-13-14-7-4-8-18(14)16(21)19(15(13)20)9-10-22-12-5-2-1-3-6-12/h1-3,5-6H,4,7-10H2. The van der Waals surface area contributed by atoms with Gasteiger partial charge in [0.05, 0.1) is 6.54 Å². The van der Waals surface area contributed by atoms with Crippen LogP contribution in [0.25, 0.3) is 0 Å². The van der Waals surface area contributed by atoms with Crippen molar-refractivity contribution in [2.45, 2.75) is 25.9 Å². The molecule has 0 N–H and O–H groups in total. The predicted octanol–water partition coefficient (Wildman–Crippen LogP) is 0.907. The number of hydrogen-bond acceptors (Lipinski definition) is 4. The Bertz CT molecular complexity index is 844. The summed E-state index contributed by atoms with van der Waals surface area (Å²) in [4.78, 5) is 24.6. The van der Waals surface area contributed by atoms with Gasteiger partial charge in [0, 0.05) is 12.2 Å². The van der Waals surface area contributed by atoms with Crippen molar-refractivity contribution in [2.24, 2.45) is 0 Å². The van der Waals surface area contributed by atoms with E-state index in [4.69, 9.17) is 4.74 Å². The van der Waals surface area contributed by atoms with Crippen LogP contribution in [0.5, 0.6) is 5.75 Å². The normalized spacial score (nSPS) is 12.7. The first kappa shape index (κ1) is 14.1. The second-order valence-electron chi connectivity index (χ2n) is 5.09. The number of hydrogen-bond donors (Lipinski definition) is 0. The number of nitrogens with zero attached hydrogens (tertiary/aromatic N) is 3. The second-order valence-corrected chi connectivity index (χ2v) is 5.09. The van der Waals surface area contributed by atoms with Gasteiger partial charge >= 0.3 is 5.69 Å². The van der Waals surface area contributed by atoms with E-state index >= 15 is 0 Å². The number of para-hydroxylation sites is 1. The molecule has 0 aliphatic carbocycles. The van der Waals surface area contributed by atoms with Crippen molar-refractivity contribution in [1.29, 1.82) is 5.26 Å². The Morgan fingerprint density at radius 2 is 2.00 bits per heavy atom. The summed E-state index contributed by atoms with van der Waals surface area (Å²) >= 11 is 0. The number of nitriles is 1. The van der Waals surface area contributed by atoms with Crippen molar-refractivity contribution in [2.75, 3.05) is 6.61 Å². The average Bonchev–Trinajstić information content (AvgIpc) is 3.02. The highest BCUT2D eigenvalue weighted by atomic mass is 16.5. The van der Waals surface area contributed by atoms with E-state index < -0.39 is 5.56 Å². The summed E-state index contributed by atoms with van der Waals surface area (Å²) in [5.41, 5.74) is -0.222. The van der Waals surface area contributed by atoms with Gasteiger partial charge in [-0.1, -0.05) is 18.2 Å². The van der Waals surface area contributed by atoms with Crippen LogP contribution in [0.2, 0.25) is 0 Å². The number of benzene rings is 1. The first-order chi connectivity index (χ1) is 10.7. The quantitative estimate of drug-likeness (QED) is 0.840. The van der Waals surface area contributed by atoms with Crippen LogP contribution in [0.15, 0.2) is 39.9 Å². The molecular formula is C16H15N3O3. The lowest BCUT2D eigenvalue weighted by Crippen LogP contribution is -2.42. The Morgan fingerprint density at radius 3 is 2.73 bits per heavy atom. The number of ether oxygens (including phenoxy) is 1. The Morgan fingerprint density at radius 1 is 1.23 bits per heavy atom. The number of aromatic nitrogens is 2. The van der Waals surface area contributed by atoms with Gasteiger partial charge in [0.1, 0.15) is 24.0 Å². The molecule has 0 spiro atoms. The highest BCUT2D eigenvalue weighted by molar-refractivity contribution is 5.32. The molecule has 0 fully saturated rings. The summed E-state index contributed by atoms with van der Waals surface area (Å²) in [7, 11) is 0.